The molecule has 0 aromatic heterocycles. The van der Waals surface area contributed by atoms with E-state index in [9.17, 15) is 46.0 Å². The molecule has 5 rings (SSSR count). The lowest BCUT2D eigenvalue weighted by molar-refractivity contribution is -0.351. The van der Waals surface area contributed by atoms with Gasteiger partial charge in [0.15, 0.2) is 35.4 Å². The molecular weight excluding hydrogens is 564 g/mol. The molecule has 0 radical (unpaired) electrons. The maximum Gasteiger partial charge on any atom is 0.229 e. The smallest absolute Gasteiger partial charge is 0.229 e. The van der Waals surface area contributed by atoms with Gasteiger partial charge < -0.3 is 74.4 Å². The van der Waals surface area contributed by atoms with E-state index in [2.05, 4.69) is 0 Å². The van der Waals surface area contributed by atoms with E-state index in [0.29, 0.717) is 0 Å². The second-order valence-corrected chi connectivity index (χ2v) is 10.0. The Morgan fingerprint density at radius 3 is 2.38 bits per heavy atom. The lowest BCUT2D eigenvalue weighted by atomic mass is 9.96. The van der Waals surface area contributed by atoms with Gasteiger partial charge in [0.1, 0.15) is 54.2 Å². The first-order valence-electron chi connectivity index (χ1n) is 12.9. The topological polar surface area (TPSA) is 237 Å². The van der Waals surface area contributed by atoms with Crippen molar-refractivity contribution in [1.82, 2.24) is 0 Å². The third kappa shape index (κ3) is 5.66. The zero-order valence-corrected chi connectivity index (χ0v) is 22.1. The van der Waals surface area contributed by atoms with E-state index in [0.717, 1.165) is 6.08 Å². The van der Waals surface area contributed by atoms with Crippen LogP contribution in [0.25, 0.3) is 5.76 Å². The highest BCUT2D eigenvalue weighted by Gasteiger charge is 2.50. The highest BCUT2D eigenvalue weighted by Crippen LogP contribution is 2.40. The Balaban J connectivity index is 1.53. The molecule has 1 aromatic rings. The predicted octanol–water partition coefficient (Wildman–Crippen LogP) is -1.43. The van der Waals surface area contributed by atoms with Gasteiger partial charge in [0.25, 0.3) is 0 Å². The molecule has 1 unspecified atom stereocenters. The summed E-state index contributed by atoms with van der Waals surface area (Å²) in [5.41, 5.74) is 0.427. The number of phenolic OH excluding ortho intramolecular Hbond substituents is 1. The van der Waals surface area contributed by atoms with Gasteiger partial charge in [0, 0.05) is 23.3 Å². The van der Waals surface area contributed by atoms with Crippen LogP contribution in [0, 0.1) is 0 Å². The summed E-state index contributed by atoms with van der Waals surface area (Å²) in [4.78, 5) is 0. The standard InChI is InChI=1S/C27H32O15/c1-37-16-3-2-10(4-14(16)31)24-18(7-12-13(30)5-11(29)6-17(12)39-24)40-27-25(22(35)21(34)19(8-28)41-27)42-26-23(36)20(33)15(32)9-38-26/h2-7,15,17,19-23,25-36H,8-9H2,1H3/t15-,17?,19-,20+,21-,22+,23-,25-,26+,27-/m1/s1. The van der Waals surface area contributed by atoms with Crippen molar-refractivity contribution in [3.63, 3.8) is 0 Å². The number of hydrogen-bond acceptors (Lipinski definition) is 15. The fraction of sp³-hybridized carbons (Fsp3) is 0.481. The Morgan fingerprint density at radius 2 is 1.69 bits per heavy atom. The highest BCUT2D eigenvalue weighted by atomic mass is 16.8. The van der Waals surface area contributed by atoms with Gasteiger partial charge in [-0.15, -0.1) is 0 Å². The number of aromatic hydroxyl groups is 1. The van der Waals surface area contributed by atoms with E-state index in [-0.39, 0.29) is 45.7 Å². The van der Waals surface area contributed by atoms with E-state index in [1.54, 1.807) is 0 Å². The number of allylic oxidation sites excluding steroid dienone is 2. The molecule has 2 fully saturated rings. The Hall–Kier alpha value is -3.38. The fourth-order valence-electron chi connectivity index (χ4n) is 4.91. The SMILES string of the molecule is COc1ccc(C2=C(O[C@@H]3O[C@H](CO)[C@@H](O)[C@H](O)[C@H]3O[C@@H]3OC[C@@H](O)[C@H](O)[C@H]3O)C=C3C(O)=CC(O)=CC3O2)cc1O. The molecule has 0 bridgehead atoms. The molecule has 15 nitrogen and oxygen atoms in total. The molecule has 10 atom stereocenters. The largest absolute Gasteiger partial charge is 0.508 e. The lowest BCUT2D eigenvalue weighted by Gasteiger charge is -2.45. The number of hydrogen-bond donors (Lipinski definition) is 9. The first-order valence-corrected chi connectivity index (χ1v) is 12.9. The number of phenols is 1. The van der Waals surface area contributed by atoms with Crippen molar-refractivity contribution in [2.24, 2.45) is 0 Å². The van der Waals surface area contributed by atoms with Crippen molar-refractivity contribution in [2.75, 3.05) is 20.3 Å². The van der Waals surface area contributed by atoms with Crippen molar-refractivity contribution < 1.29 is 74.4 Å². The molecule has 230 valence electrons. The summed E-state index contributed by atoms with van der Waals surface area (Å²) in [6.45, 7) is -1.15. The average Bonchev–Trinajstić information content (AvgIpc) is 2.96. The third-order valence-corrected chi connectivity index (χ3v) is 7.22. The van der Waals surface area contributed by atoms with Gasteiger partial charge in [-0.05, 0) is 24.3 Å². The first-order chi connectivity index (χ1) is 20.0. The van der Waals surface area contributed by atoms with E-state index in [1.165, 1.54) is 37.5 Å². The molecule has 15 heteroatoms. The summed E-state index contributed by atoms with van der Waals surface area (Å²) in [6, 6.07) is 4.29. The molecule has 3 heterocycles. The summed E-state index contributed by atoms with van der Waals surface area (Å²) in [6.07, 6.45) is -11.6. The molecule has 4 aliphatic rings. The van der Waals surface area contributed by atoms with Gasteiger partial charge in [0.2, 0.25) is 6.29 Å². The minimum atomic E-state index is -1.78. The van der Waals surface area contributed by atoms with Crippen LogP contribution in [0.1, 0.15) is 5.56 Å². The summed E-state index contributed by atoms with van der Waals surface area (Å²) in [7, 11) is 1.36. The van der Waals surface area contributed by atoms with E-state index >= 15 is 0 Å². The van der Waals surface area contributed by atoms with Crippen LogP contribution in [0.4, 0.5) is 0 Å². The summed E-state index contributed by atoms with van der Waals surface area (Å²) in [5.74, 6) is -0.832. The number of ether oxygens (including phenoxy) is 6. The number of aliphatic hydroxyl groups is 8. The average molecular weight is 597 g/mol. The van der Waals surface area contributed by atoms with Crippen molar-refractivity contribution in [2.45, 2.75) is 61.4 Å². The molecule has 42 heavy (non-hydrogen) atoms. The van der Waals surface area contributed by atoms with E-state index < -0.39 is 74.6 Å². The molecule has 3 aliphatic heterocycles. The minimum absolute atomic E-state index is 0.0172. The monoisotopic (exact) mass is 596 g/mol. The lowest BCUT2D eigenvalue weighted by Crippen LogP contribution is -2.63. The second kappa shape index (κ2) is 12.1. The van der Waals surface area contributed by atoms with Crippen molar-refractivity contribution in [3.05, 3.63) is 64.8 Å². The number of fused-ring (bicyclic) bond motifs is 1. The van der Waals surface area contributed by atoms with Crippen LogP contribution in [0.2, 0.25) is 0 Å². The maximum atomic E-state index is 10.9. The molecule has 1 aliphatic carbocycles. The van der Waals surface area contributed by atoms with Crippen LogP contribution in [0.5, 0.6) is 11.5 Å². The molecule has 0 saturated carbocycles. The Morgan fingerprint density at radius 1 is 0.929 bits per heavy atom. The number of benzene rings is 1. The van der Waals surface area contributed by atoms with Gasteiger partial charge in [-0.1, -0.05) is 0 Å². The summed E-state index contributed by atoms with van der Waals surface area (Å²) >= 11 is 0. The number of rotatable bonds is 7. The molecule has 9 N–H and O–H groups in total. The zero-order valence-electron chi connectivity index (χ0n) is 22.1. The van der Waals surface area contributed by atoms with Crippen LogP contribution in [-0.4, -0.2) is 128 Å². The van der Waals surface area contributed by atoms with Crippen LogP contribution in [0.15, 0.2) is 59.3 Å². The van der Waals surface area contributed by atoms with Crippen LogP contribution >= 0.6 is 0 Å². The number of aliphatic hydroxyl groups excluding tert-OH is 8. The van der Waals surface area contributed by atoms with Crippen molar-refractivity contribution in [3.8, 4) is 11.5 Å². The Kier molecular flexibility index (Phi) is 8.66. The zero-order chi connectivity index (χ0) is 30.3. The first kappa shape index (κ1) is 30.1. The summed E-state index contributed by atoms with van der Waals surface area (Å²) in [5, 5.41) is 92.3. The quantitative estimate of drug-likeness (QED) is 0.175. The molecular formula is C27H32O15. The van der Waals surface area contributed by atoms with Crippen molar-refractivity contribution in [1.29, 1.82) is 0 Å². The van der Waals surface area contributed by atoms with Crippen LogP contribution in [-0.2, 0) is 23.7 Å². The van der Waals surface area contributed by atoms with Gasteiger partial charge in [0.05, 0.1) is 20.3 Å². The molecule has 2 saturated heterocycles. The normalized spacial score (nSPS) is 36.7. The fourth-order valence-corrected chi connectivity index (χ4v) is 4.91. The van der Waals surface area contributed by atoms with E-state index in [4.69, 9.17) is 28.4 Å². The maximum absolute atomic E-state index is 10.9. The van der Waals surface area contributed by atoms with Gasteiger partial charge in [-0.25, -0.2) is 0 Å². The van der Waals surface area contributed by atoms with Gasteiger partial charge in [-0.3, -0.25) is 0 Å². The molecule has 0 amide bonds. The van der Waals surface area contributed by atoms with Crippen LogP contribution < -0.4 is 4.74 Å². The van der Waals surface area contributed by atoms with Gasteiger partial charge >= 0.3 is 0 Å². The van der Waals surface area contributed by atoms with Gasteiger partial charge in [-0.2, -0.15) is 0 Å². The minimum Gasteiger partial charge on any atom is -0.508 e. The van der Waals surface area contributed by atoms with Crippen LogP contribution in [0.3, 0.4) is 0 Å². The van der Waals surface area contributed by atoms with Crippen molar-refractivity contribution >= 4 is 5.76 Å². The Bertz CT molecular complexity index is 1290. The predicted molar refractivity (Wildman–Crippen MR) is 137 cm³/mol. The number of methoxy groups -OCH3 is 1. The summed E-state index contributed by atoms with van der Waals surface area (Å²) < 4.78 is 33.9. The molecule has 1 aromatic carbocycles. The Labute approximate surface area is 238 Å². The van der Waals surface area contributed by atoms with E-state index in [1.807, 2.05) is 0 Å². The highest BCUT2D eigenvalue weighted by molar-refractivity contribution is 5.70. The molecule has 0 spiro atoms. The second-order valence-electron chi connectivity index (χ2n) is 10.0. The third-order valence-electron chi connectivity index (χ3n) is 7.22.